The molecule has 3 aromatic rings. The molecule has 0 saturated carbocycles. The van der Waals surface area contributed by atoms with E-state index < -0.39 is 0 Å². The molecule has 0 aliphatic carbocycles. The lowest BCUT2D eigenvalue weighted by atomic mass is 10.2. The van der Waals surface area contributed by atoms with Crippen LogP contribution in [0.4, 0.5) is 0 Å². The number of amides is 1. The van der Waals surface area contributed by atoms with Gasteiger partial charge in [0, 0.05) is 19.3 Å². The molecule has 0 radical (unpaired) electrons. The summed E-state index contributed by atoms with van der Waals surface area (Å²) in [6.45, 7) is 5.14. The van der Waals surface area contributed by atoms with Crippen molar-refractivity contribution >= 4 is 28.5 Å². The van der Waals surface area contributed by atoms with E-state index in [0.717, 1.165) is 30.8 Å². The van der Waals surface area contributed by atoms with Gasteiger partial charge in [-0.2, -0.15) is 5.10 Å². The van der Waals surface area contributed by atoms with Crippen LogP contribution in [0.15, 0.2) is 30.5 Å². The third kappa shape index (κ3) is 3.42. The second kappa shape index (κ2) is 7.29. The third-order valence-corrected chi connectivity index (χ3v) is 5.24. The Morgan fingerprint density at radius 3 is 2.81 bits per heavy atom. The molecule has 6 nitrogen and oxygen atoms in total. The zero-order valence-electron chi connectivity index (χ0n) is 15.3. The Morgan fingerprint density at radius 2 is 2.11 bits per heavy atom. The van der Waals surface area contributed by atoms with Crippen molar-refractivity contribution in [3.8, 4) is 5.69 Å². The Balaban J connectivity index is 1.66. The first-order valence-electron chi connectivity index (χ1n) is 9.05. The summed E-state index contributed by atoms with van der Waals surface area (Å²) in [4.78, 5) is 17.1. The lowest BCUT2D eigenvalue weighted by Crippen LogP contribution is -2.32. The van der Waals surface area contributed by atoms with Crippen molar-refractivity contribution < 1.29 is 9.53 Å². The van der Waals surface area contributed by atoms with Gasteiger partial charge in [0.25, 0.3) is 5.91 Å². The van der Waals surface area contributed by atoms with E-state index in [1.165, 1.54) is 11.8 Å². The molecule has 0 spiro atoms. The zero-order valence-corrected chi connectivity index (χ0v) is 16.1. The normalized spacial score (nSPS) is 16.8. The van der Waals surface area contributed by atoms with Crippen molar-refractivity contribution in [1.82, 2.24) is 20.1 Å². The summed E-state index contributed by atoms with van der Waals surface area (Å²) >= 11 is 6.58. The maximum absolute atomic E-state index is 12.6. The predicted octanol–water partition coefficient (Wildman–Crippen LogP) is 3.60. The SMILES string of the molecule is Cc1ccc(-n2nc(C)c3c(Cl)c(C(=O)NC[C@@H]4CCCO4)cnc32)cc1. The number of ether oxygens (including phenoxy) is 1. The monoisotopic (exact) mass is 384 g/mol. The number of benzene rings is 1. The molecule has 27 heavy (non-hydrogen) atoms. The lowest BCUT2D eigenvalue weighted by Gasteiger charge is -2.11. The number of hydrogen-bond donors (Lipinski definition) is 1. The van der Waals surface area contributed by atoms with Gasteiger partial charge < -0.3 is 10.1 Å². The maximum Gasteiger partial charge on any atom is 0.254 e. The number of aryl methyl sites for hydroxylation is 2. The van der Waals surface area contributed by atoms with E-state index in [-0.39, 0.29) is 12.0 Å². The molecule has 7 heteroatoms. The molecule has 1 amide bonds. The van der Waals surface area contributed by atoms with Crippen LogP contribution in [0.1, 0.15) is 34.5 Å². The molecule has 1 aliphatic rings. The predicted molar refractivity (Wildman–Crippen MR) is 105 cm³/mol. The summed E-state index contributed by atoms with van der Waals surface area (Å²) in [5, 5.41) is 8.54. The van der Waals surface area contributed by atoms with E-state index in [9.17, 15) is 4.79 Å². The number of aromatic nitrogens is 3. The molecule has 1 aromatic carbocycles. The first kappa shape index (κ1) is 17.9. The molecule has 0 bridgehead atoms. The lowest BCUT2D eigenvalue weighted by molar-refractivity contribution is 0.0857. The number of nitrogens with one attached hydrogen (secondary N) is 1. The minimum absolute atomic E-state index is 0.0791. The van der Waals surface area contributed by atoms with Gasteiger partial charge in [-0.3, -0.25) is 4.79 Å². The topological polar surface area (TPSA) is 69.0 Å². The fraction of sp³-hybridized carbons (Fsp3) is 0.350. The highest BCUT2D eigenvalue weighted by Crippen LogP contribution is 2.30. The van der Waals surface area contributed by atoms with Gasteiger partial charge in [-0.05, 0) is 38.8 Å². The minimum atomic E-state index is -0.243. The molecule has 1 fully saturated rings. The van der Waals surface area contributed by atoms with Crippen molar-refractivity contribution in [2.24, 2.45) is 0 Å². The van der Waals surface area contributed by atoms with Crippen LogP contribution in [0.25, 0.3) is 16.7 Å². The Hall–Kier alpha value is -2.44. The molecular formula is C20H21ClN4O2. The Kier molecular flexibility index (Phi) is 4.85. The van der Waals surface area contributed by atoms with Crippen molar-refractivity contribution in [3.05, 3.63) is 52.3 Å². The highest BCUT2D eigenvalue weighted by Gasteiger charge is 2.21. The van der Waals surface area contributed by atoms with Crippen LogP contribution in [-0.4, -0.2) is 39.9 Å². The van der Waals surface area contributed by atoms with Gasteiger partial charge >= 0.3 is 0 Å². The van der Waals surface area contributed by atoms with Crippen molar-refractivity contribution in [2.75, 3.05) is 13.2 Å². The quantitative estimate of drug-likeness (QED) is 0.746. The fourth-order valence-electron chi connectivity index (χ4n) is 3.34. The second-order valence-electron chi connectivity index (χ2n) is 6.86. The first-order chi connectivity index (χ1) is 13.0. The Labute approximate surface area is 162 Å². The van der Waals surface area contributed by atoms with E-state index in [4.69, 9.17) is 16.3 Å². The van der Waals surface area contributed by atoms with E-state index >= 15 is 0 Å². The number of halogens is 1. The van der Waals surface area contributed by atoms with Gasteiger partial charge in [0.2, 0.25) is 0 Å². The van der Waals surface area contributed by atoms with Crippen LogP contribution in [0, 0.1) is 13.8 Å². The number of hydrogen-bond acceptors (Lipinski definition) is 4. The fourth-order valence-corrected chi connectivity index (χ4v) is 3.70. The third-order valence-electron chi connectivity index (χ3n) is 4.85. The van der Waals surface area contributed by atoms with Crippen LogP contribution in [0.2, 0.25) is 5.02 Å². The molecule has 1 saturated heterocycles. The van der Waals surface area contributed by atoms with Crippen LogP contribution in [-0.2, 0) is 4.74 Å². The summed E-state index contributed by atoms with van der Waals surface area (Å²) in [5.41, 5.74) is 3.79. The first-order valence-corrected chi connectivity index (χ1v) is 9.43. The largest absolute Gasteiger partial charge is 0.376 e. The molecule has 1 aliphatic heterocycles. The van der Waals surface area contributed by atoms with Gasteiger partial charge in [0.15, 0.2) is 5.65 Å². The Bertz CT molecular complexity index is 991. The van der Waals surface area contributed by atoms with Crippen LogP contribution in [0.5, 0.6) is 0 Å². The van der Waals surface area contributed by atoms with E-state index in [1.54, 1.807) is 4.68 Å². The van der Waals surface area contributed by atoms with Gasteiger partial charge in [-0.1, -0.05) is 29.3 Å². The molecule has 1 N–H and O–H groups in total. The average molecular weight is 385 g/mol. The Morgan fingerprint density at radius 1 is 1.33 bits per heavy atom. The van der Waals surface area contributed by atoms with Gasteiger partial charge in [0.1, 0.15) is 0 Å². The summed E-state index contributed by atoms with van der Waals surface area (Å²) < 4.78 is 7.30. The molecule has 1 atom stereocenters. The van der Waals surface area contributed by atoms with Gasteiger partial charge in [-0.15, -0.1) is 0 Å². The second-order valence-corrected chi connectivity index (χ2v) is 7.24. The summed E-state index contributed by atoms with van der Waals surface area (Å²) in [6, 6.07) is 8.01. The number of carbonyl (C=O) groups is 1. The van der Waals surface area contributed by atoms with E-state index in [0.29, 0.717) is 28.2 Å². The minimum Gasteiger partial charge on any atom is -0.376 e. The van der Waals surface area contributed by atoms with Gasteiger partial charge in [-0.25, -0.2) is 9.67 Å². The number of fused-ring (bicyclic) bond motifs is 1. The highest BCUT2D eigenvalue weighted by molar-refractivity contribution is 6.38. The molecule has 4 rings (SSSR count). The molecular weight excluding hydrogens is 364 g/mol. The van der Waals surface area contributed by atoms with Crippen molar-refractivity contribution in [1.29, 1.82) is 0 Å². The van der Waals surface area contributed by atoms with Crippen molar-refractivity contribution in [3.63, 3.8) is 0 Å². The molecule has 0 unspecified atom stereocenters. The molecule has 3 heterocycles. The highest BCUT2D eigenvalue weighted by atomic mass is 35.5. The standard InChI is InChI=1S/C20H21ClN4O2/c1-12-5-7-14(8-6-12)25-19-17(13(2)24-25)18(21)16(11-22-19)20(26)23-10-15-4-3-9-27-15/h5-8,11,15H,3-4,9-10H2,1-2H3,(H,23,26)/t15-/m0/s1. The van der Waals surface area contributed by atoms with E-state index in [2.05, 4.69) is 15.4 Å². The van der Waals surface area contributed by atoms with E-state index in [1.807, 2.05) is 38.1 Å². The summed E-state index contributed by atoms with van der Waals surface area (Å²) in [7, 11) is 0. The van der Waals surface area contributed by atoms with Crippen LogP contribution < -0.4 is 5.32 Å². The maximum atomic E-state index is 12.6. The average Bonchev–Trinajstić information content (AvgIpc) is 3.29. The van der Waals surface area contributed by atoms with Crippen molar-refractivity contribution in [2.45, 2.75) is 32.8 Å². The number of rotatable bonds is 4. The zero-order chi connectivity index (χ0) is 19.0. The molecule has 2 aromatic heterocycles. The molecule has 140 valence electrons. The number of nitrogens with zero attached hydrogens (tertiary/aromatic N) is 3. The smallest absolute Gasteiger partial charge is 0.254 e. The summed E-state index contributed by atoms with van der Waals surface area (Å²) in [5.74, 6) is -0.243. The van der Waals surface area contributed by atoms with Crippen LogP contribution >= 0.6 is 11.6 Å². The number of carbonyl (C=O) groups excluding carboxylic acids is 1. The summed E-state index contributed by atoms with van der Waals surface area (Å²) in [6.07, 6.45) is 3.59. The van der Waals surface area contributed by atoms with Crippen LogP contribution in [0.3, 0.4) is 0 Å². The van der Waals surface area contributed by atoms with Gasteiger partial charge in [0.05, 0.1) is 33.5 Å². The number of pyridine rings is 1.